The molecule has 0 spiro atoms. The summed E-state index contributed by atoms with van der Waals surface area (Å²) in [5.74, 6) is 7.39. The molecule has 1 saturated heterocycles. The number of anilines is 1. The first-order valence-electron chi connectivity index (χ1n) is 9.11. The lowest BCUT2D eigenvalue weighted by molar-refractivity contribution is -0.119. The van der Waals surface area contributed by atoms with Crippen LogP contribution in [-0.2, 0) is 14.2 Å². The third-order valence-corrected chi connectivity index (χ3v) is 4.76. The molecule has 0 bridgehead atoms. The van der Waals surface area contributed by atoms with Gasteiger partial charge in [0.05, 0.1) is 18.3 Å². The molecule has 0 unspecified atom stereocenters. The van der Waals surface area contributed by atoms with Crippen molar-refractivity contribution in [2.75, 3.05) is 38.3 Å². The summed E-state index contributed by atoms with van der Waals surface area (Å²) in [4.78, 5) is 11.1. The van der Waals surface area contributed by atoms with Gasteiger partial charge in [-0.15, -0.1) is 0 Å². The Kier molecular flexibility index (Phi) is 6.62. The largest absolute Gasteiger partial charge is 0.381 e. The summed E-state index contributed by atoms with van der Waals surface area (Å²) < 4.78 is 16.7. The van der Waals surface area contributed by atoms with Crippen LogP contribution < -0.4 is 4.90 Å². The van der Waals surface area contributed by atoms with Crippen LogP contribution in [0.3, 0.4) is 0 Å². The molecule has 0 radical (unpaired) electrons. The zero-order chi connectivity index (χ0) is 17.5. The number of nitrogens with zero attached hydrogens (tertiary/aromatic N) is 3. The van der Waals surface area contributed by atoms with E-state index in [9.17, 15) is 0 Å². The molecule has 0 atom stereocenters. The van der Waals surface area contributed by atoms with Gasteiger partial charge in [-0.1, -0.05) is 5.92 Å². The molecule has 1 aliphatic heterocycles. The van der Waals surface area contributed by atoms with E-state index >= 15 is 0 Å². The third-order valence-electron chi connectivity index (χ3n) is 4.76. The van der Waals surface area contributed by atoms with Crippen LogP contribution in [0.2, 0.25) is 0 Å². The first-order valence-corrected chi connectivity index (χ1v) is 9.11. The van der Waals surface area contributed by atoms with Gasteiger partial charge in [0.25, 0.3) is 0 Å². The highest BCUT2D eigenvalue weighted by molar-refractivity contribution is 5.40. The Bertz CT molecular complexity index is 599. The monoisotopic (exact) mass is 345 g/mol. The molecular weight excluding hydrogens is 318 g/mol. The molecule has 0 N–H and O–H groups in total. The van der Waals surface area contributed by atoms with Crippen LogP contribution in [0, 0.1) is 11.8 Å². The number of ether oxygens (including phenoxy) is 3. The number of aromatic nitrogens is 2. The Hall–Kier alpha value is -1.68. The van der Waals surface area contributed by atoms with E-state index in [2.05, 4.69) is 26.7 Å². The van der Waals surface area contributed by atoms with Crippen LogP contribution in [0.5, 0.6) is 0 Å². The van der Waals surface area contributed by atoms with Crippen molar-refractivity contribution in [2.45, 2.75) is 50.9 Å². The van der Waals surface area contributed by atoms with E-state index in [1.165, 1.54) is 0 Å². The maximum absolute atomic E-state index is 6.17. The van der Waals surface area contributed by atoms with Gasteiger partial charge in [0.2, 0.25) is 5.82 Å². The topological polar surface area (TPSA) is 56.7 Å². The van der Waals surface area contributed by atoms with Crippen molar-refractivity contribution in [3.05, 3.63) is 18.1 Å². The summed E-state index contributed by atoms with van der Waals surface area (Å²) in [7, 11) is 1.77. The number of hydrogen-bond donors (Lipinski definition) is 0. The van der Waals surface area contributed by atoms with E-state index in [-0.39, 0.29) is 0 Å². The minimum atomic E-state index is 0.353. The van der Waals surface area contributed by atoms with Gasteiger partial charge >= 0.3 is 0 Å². The molecule has 2 heterocycles. The number of rotatable bonds is 6. The highest BCUT2D eigenvalue weighted by Gasteiger charge is 2.33. The first-order chi connectivity index (χ1) is 12.3. The summed E-state index contributed by atoms with van der Waals surface area (Å²) in [6, 6.07) is 1.95. The number of hydrogen-bond acceptors (Lipinski definition) is 6. The van der Waals surface area contributed by atoms with E-state index in [1.807, 2.05) is 13.0 Å². The van der Waals surface area contributed by atoms with Crippen molar-refractivity contribution in [1.29, 1.82) is 0 Å². The van der Waals surface area contributed by atoms with Gasteiger partial charge in [-0.25, -0.2) is 9.97 Å². The van der Waals surface area contributed by atoms with Gasteiger partial charge in [0.15, 0.2) is 0 Å². The second-order valence-electron chi connectivity index (χ2n) is 6.45. The Balaban J connectivity index is 1.46. The van der Waals surface area contributed by atoms with Gasteiger partial charge in [-0.05, 0) is 44.6 Å². The van der Waals surface area contributed by atoms with Crippen molar-refractivity contribution in [3.8, 4) is 11.8 Å². The highest BCUT2D eigenvalue weighted by atomic mass is 16.5. The zero-order valence-corrected chi connectivity index (χ0v) is 15.1. The van der Waals surface area contributed by atoms with Crippen LogP contribution >= 0.6 is 0 Å². The molecule has 25 heavy (non-hydrogen) atoms. The third kappa shape index (κ3) is 5.15. The second kappa shape index (κ2) is 9.14. The average Bonchev–Trinajstić information content (AvgIpc) is 2.62. The Morgan fingerprint density at radius 2 is 2.00 bits per heavy atom. The standard InChI is InChI=1S/C19H27N3O3/c1-3-24-12-4-5-18-20-9-6-19(21-18)22-10-7-15(8-11-22)25-17-13-16(14-17)23-2/h6,9,15-17H,3,7-8,10-14H2,1-2H3. The molecule has 3 rings (SSSR count). The number of methoxy groups -OCH3 is 1. The molecule has 1 saturated carbocycles. The van der Waals surface area contributed by atoms with Crippen molar-refractivity contribution in [1.82, 2.24) is 9.97 Å². The molecule has 1 aromatic heterocycles. The summed E-state index contributed by atoms with van der Waals surface area (Å²) in [6.07, 6.45) is 7.04. The Morgan fingerprint density at radius 3 is 2.72 bits per heavy atom. The molecule has 2 fully saturated rings. The van der Waals surface area contributed by atoms with Crippen LogP contribution in [-0.4, -0.2) is 61.7 Å². The van der Waals surface area contributed by atoms with Crippen molar-refractivity contribution < 1.29 is 14.2 Å². The highest BCUT2D eigenvalue weighted by Crippen LogP contribution is 2.29. The fourth-order valence-corrected chi connectivity index (χ4v) is 3.17. The lowest BCUT2D eigenvalue weighted by Crippen LogP contribution is -2.43. The Labute approximate surface area is 149 Å². The van der Waals surface area contributed by atoms with Crippen LogP contribution in [0.15, 0.2) is 12.3 Å². The van der Waals surface area contributed by atoms with Gasteiger partial charge < -0.3 is 19.1 Å². The van der Waals surface area contributed by atoms with Gasteiger partial charge in [-0.2, -0.15) is 0 Å². The summed E-state index contributed by atoms with van der Waals surface area (Å²) in [5.41, 5.74) is 0. The molecule has 6 nitrogen and oxygen atoms in total. The van der Waals surface area contributed by atoms with Gasteiger partial charge in [0, 0.05) is 33.0 Å². The van der Waals surface area contributed by atoms with Crippen molar-refractivity contribution in [2.24, 2.45) is 0 Å². The lowest BCUT2D eigenvalue weighted by Gasteiger charge is -2.39. The van der Waals surface area contributed by atoms with E-state index in [1.54, 1.807) is 13.3 Å². The molecule has 0 amide bonds. The van der Waals surface area contributed by atoms with Gasteiger partial charge in [-0.3, -0.25) is 0 Å². The fraction of sp³-hybridized carbons (Fsp3) is 0.684. The van der Waals surface area contributed by atoms with E-state index in [4.69, 9.17) is 14.2 Å². The fourth-order valence-electron chi connectivity index (χ4n) is 3.17. The molecular formula is C19H27N3O3. The van der Waals surface area contributed by atoms with Crippen molar-refractivity contribution >= 4 is 5.82 Å². The molecule has 6 heteroatoms. The second-order valence-corrected chi connectivity index (χ2v) is 6.45. The minimum Gasteiger partial charge on any atom is -0.381 e. The van der Waals surface area contributed by atoms with Gasteiger partial charge in [0.1, 0.15) is 12.4 Å². The average molecular weight is 345 g/mol. The van der Waals surface area contributed by atoms with Crippen molar-refractivity contribution in [3.63, 3.8) is 0 Å². The maximum Gasteiger partial charge on any atom is 0.206 e. The van der Waals surface area contributed by atoms with E-state index in [0.29, 0.717) is 37.4 Å². The summed E-state index contributed by atoms with van der Waals surface area (Å²) in [6.45, 7) is 4.94. The first kappa shape index (κ1) is 18.1. The quantitative estimate of drug-likeness (QED) is 0.581. The molecule has 1 aliphatic carbocycles. The molecule has 2 aliphatic rings. The lowest BCUT2D eigenvalue weighted by atomic mass is 9.91. The normalized spacial score (nSPS) is 23.7. The summed E-state index contributed by atoms with van der Waals surface area (Å²) >= 11 is 0. The predicted molar refractivity (Wildman–Crippen MR) is 95.5 cm³/mol. The zero-order valence-electron chi connectivity index (χ0n) is 15.1. The smallest absolute Gasteiger partial charge is 0.206 e. The molecule has 1 aromatic rings. The maximum atomic E-state index is 6.17. The van der Waals surface area contributed by atoms with E-state index < -0.39 is 0 Å². The van der Waals surface area contributed by atoms with Crippen LogP contribution in [0.1, 0.15) is 38.4 Å². The SMILES string of the molecule is CCOCC#Cc1nccc(N2CCC(OC3CC(OC)C3)CC2)n1. The molecule has 0 aromatic carbocycles. The number of piperidine rings is 1. The van der Waals surface area contributed by atoms with Crippen LogP contribution in [0.4, 0.5) is 5.82 Å². The van der Waals surface area contributed by atoms with E-state index in [0.717, 1.165) is 44.6 Å². The summed E-state index contributed by atoms with van der Waals surface area (Å²) in [5, 5.41) is 0. The predicted octanol–water partition coefficient (Wildman–Crippen LogP) is 2.03. The minimum absolute atomic E-state index is 0.353. The van der Waals surface area contributed by atoms with Crippen LogP contribution in [0.25, 0.3) is 0 Å². The Morgan fingerprint density at radius 1 is 1.20 bits per heavy atom. The molecule has 136 valence electrons.